The van der Waals surface area contributed by atoms with E-state index in [1.165, 1.54) is 7.11 Å². The average Bonchev–Trinajstić information content (AvgIpc) is 2.84. The second kappa shape index (κ2) is 14.3. The van der Waals surface area contributed by atoms with Crippen molar-refractivity contribution < 1.29 is 23.8 Å². The molecule has 2 aromatic rings. The van der Waals surface area contributed by atoms with Gasteiger partial charge in [-0.05, 0) is 24.7 Å². The van der Waals surface area contributed by atoms with Crippen molar-refractivity contribution in [2.75, 3.05) is 20.2 Å². The van der Waals surface area contributed by atoms with E-state index >= 15 is 0 Å². The van der Waals surface area contributed by atoms with Crippen molar-refractivity contribution in [2.45, 2.75) is 66.2 Å². The Hall–Kier alpha value is -2.96. The summed E-state index contributed by atoms with van der Waals surface area (Å²) in [4.78, 5) is 25.0. The summed E-state index contributed by atoms with van der Waals surface area (Å²) in [5.74, 6) is 1.68. The number of ether oxygens (including phenoxy) is 3. The van der Waals surface area contributed by atoms with Crippen LogP contribution in [0.2, 0.25) is 0 Å². The minimum absolute atomic E-state index is 0.290. The highest BCUT2D eigenvalue weighted by Crippen LogP contribution is 2.41. The summed E-state index contributed by atoms with van der Waals surface area (Å²) >= 11 is 0. The minimum atomic E-state index is -0.542. The fraction of sp³-hybridized carbons (Fsp3) is 0.556. The zero-order valence-electron chi connectivity index (χ0n) is 21.2. The van der Waals surface area contributed by atoms with Gasteiger partial charge in [-0.3, -0.25) is 0 Å². The van der Waals surface area contributed by atoms with Crippen LogP contribution in [-0.2, 0) is 0 Å². The monoisotopic (exact) mass is 472 g/mol. The molecule has 0 fully saturated rings. The first kappa shape index (κ1) is 27.3. The van der Waals surface area contributed by atoms with E-state index < -0.39 is 12.2 Å². The number of unbranched alkanes of at least 4 members (excludes halogenated alkanes) is 2. The topological polar surface area (TPSA) is 85.9 Å². The summed E-state index contributed by atoms with van der Waals surface area (Å²) in [5, 5.41) is 6.94. The highest BCUT2D eigenvalue weighted by molar-refractivity contribution is 5.98. The van der Waals surface area contributed by atoms with Crippen LogP contribution in [0, 0.1) is 11.8 Å². The van der Waals surface area contributed by atoms with E-state index in [2.05, 4.69) is 38.3 Å². The molecule has 2 atom stereocenters. The number of methoxy groups -OCH3 is 1. The highest BCUT2D eigenvalue weighted by atomic mass is 16.6. The van der Waals surface area contributed by atoms with Crippen molar-refractivity contribution >= 4 is 23.0 Å². The molecule has 2 rings (SSSR count). The highest BCUT2D eigenvalue weighted by Gasteiger charge is 2.20. The van der Waals surface area contributed by atoms with Crippen molar-refractivity contribution in [1.29, 1.82) is 0 Å². The molecule has 0 aliphatic rings. The average molecular weight is 473 g/mol. The number of rotatable bonds is 13. The number of fused-ring (bicyclic) bond motifs is 1. The van der Waals surface area contributed by atoms with Gasteiger partial charge < -0.3 is 24.8 Å². The fourth-order valence-corrected chi connectivity index (χ4v) is 3.72. The molecular formula is C27H40N2O5. The van der Waals surface area contributed by atoms with Crippen LogP contribution in [0.5, 0.6) is 17.2 Å². The summed E-state index contributed by atoms with van der Waals surface area (Å²) in [6, 6.07) is 8.87. The van der Waals surface area contributed by atoms with E-state index in [0.717, 1.165) is 38.5 Å². The third-order valence-electron chi connectivity index (χ3n) is 5.83. The van der Waals surface area contributed by atoms with Gasteiger partial charge in [0.05, 0.1) is 7.11 Å². The van der Waals surface area contributed by atoms with Crippen molar-refractivity contribution in [1.82, 2.24) is 10.6 Å². The number of amides is 2. The molecule has 0 aromatic heterocycles. The Morgan fingerprint density at radius 1 is 0.824 bits per heavy atom. The SMILES string of the molecule is CCCCC(C)CNC(=O)Oc1cc(OC)c(OC(=O)NCC(C)CCCC)c2ccccc12. The van der Waals surface area contributed by atoms with Crippen molar-refractivity contribution in [3.63, 3.8) is 0 Å². The van der Waals surface area contributed by atoms with Gasteiger partial charge in [0.1, 0.15) is 5.75 Å². The van der Waals surface area contributed by atoms with Gasteiger partial charge in [-0.2, -0.15) is 0 Å². The van der Waals surface area contributed by atoms with Crippen LogP contribution in [0.25, 0.3) is 10.8 Å². The molecule has 2 aromatic carbocycles. The van der Waals surface area contributed by atoms with Crippen LogP contribution >= 0.6 is 0 Å². The molecule has 0 saturated carbocycles. The Kier molecular flexibility index (Phi) is 11.5. The maximum atomic E-state index is 12.5. The van der Waals surface area contributed by atoms with E-state index in [-0.39, 0.29) is 5.75 Å². The lowest BCUT2D eigenvalue weighted by Crippen LogP contribution is -2.31. The second-order valence-corrected chi connectivity index (χ2v) is 8.99. The van der Waals surface area contributed by atoms with Crippen LogP contribution in [0.3, 0.4) is 0 Å². The first-order valence-electron chi connectivity index (χ1n) is 12.4. The van der Waals surface area contributed by atoms with E-state index in [0.29, 0.717) is 47.2 Å². The lowest BCUT2D eigenvalue weighted by atomic mass is 10.0. The molecule has 0 bridgehead atoms. The fourth-order valence-electron chi connectivity index (χ4n) is 3.72. The predicted molar refractivity (Wildman–Crippen MR) is 136 cm³/mol. The van der Waals surface area contributed by atoms with E-state index in [1.54, 1.807) is 6.07 Å². The molecule has 2 amide bonds. The van der Waals surface area contributed by atoms with Gasteiger partial charge in [0.15, 0.2) is 11.5 Å². The molecule has 2 unspecified atom stereocenters. The lowest BCUT2D eigenvalue weighted by Gasteiger charge is -2.17. The normalized spacial score (nSPS) is 12.6. The van der Waals surface area contributed by atoms with E-state index in [9.17, 15) is 9.59 Å². The molecule has 34 heavy (non-hydrogen) atoms. The summed E-state index contributed by atoms with van der Waals surface area (Å²) < 4.78 is 16.7. The molecule has 0 heterocycles. The van der Waals surface area contributed by atoms with Crippen molar-refractivity contribution in [3.8, 4) is 17.2 Å². The van der Waals surface area contributed by atoms with Crippen molar-refractivity contribution in [2.24, 2.45) is 11.8 Å². The molecule has 0 spiro atoms. The molecule has 0 radical (unpaired) electrons. The number of carbonyl (C=O) groups is 2. The quantitative estimate of drug-likeness (QED) is 0.340. The van der Waals surface area contributed by atoms with Gasteiger partial charge in [0.2, 0.25) is 0 Å². The minimum Gasteiger partial charge on any atom is -0.493 e. The molecule has 7 nitrogen and oxygen atoms in total. The number of hydrogen-bond acceptors (Lipinski definition) is 5. The molecule has 0 saturated heterocycles. The van der Waals surface area contributed by atoms with Gasteiger partial charge in [0, 0.05) is 29.9 Å². The third kappa shape index (κ3) is 8.43. The van der Waals surface area contributed by atoms with Gasteiger partial charge in [0.25, 0.3) is 0 Å². The van der Waals surface area contributed by atoms with Gasteiger partial charge in [-0.15, -0.1) is 0 Å². The lowest BCUT2D eigenvalue weighted by molar-refractivity contribution is 0.195. The molecule has 188 valence electrons. The van der Waals surface area contributed by atoms with Gasteiger partial charge >= 0.3 is 12.2 Å². The predicted octanol–water partition coefficient (Wildman–Crippen LogP) is 6.68. The first-order chi connectivity index (χ1) is 16.4. The van der Waals surface area contributed by atoms with Crippen LogP contribution in [0.4, 0.5) is 9.59 Å². The standard InChI is InChI=1S/C27H40N2O5/c1-6-8-12-19(3)17-28-26(30)33-23-16-24(32-5)25(22-15-11-10-14-21(22)23)34-27(31)29-18-20(4)13-9-7-2/h10-11,14-16,19-20H,6-9,12-13,17-18H2,1-5H3,(H,28,30)(H,29,31). The Morgan fingerprint density at radius 2 is 1.35 bits per heavy atom. The Bertz CT molecular complexity index is 931. The smallest absolute Gasteiger partial charge is 0.412 e. The van der Waals surface area contributed by atoms with Gasteiger partial charge in [-0.25, -0.2) is 9.59 Å². The summed E-state index contributed by atoms with van der Waals surface area (Å²) in [6.07, 6.45) is 5.55. The molecule has 7 heteroatoms. The largest absolute Gasteiger partial charge is 0.493 e. The molecule has 0 aliphatic heterocycles. The maximum absolute atomic E-state index is 12.5. The van der Waals surface area contributed by atoms with Crippen LogP contribution < -0.4 is 24.8 Å². The van der Waals surface area contributed by atoms with E-state index in [1.807, 2.05) is 24.3 Å². The zero-order chi connectivity index (χ0) is 24.9. The summed E-state index contributed by atoms with van der Waals surface area (Å²) in [7, 11) is 1.49. The zero-order valence-corrected chi connectivity index (χ0v) is 21.2. The van der Waals surface area contributed by atoms with Crippen LogP contribution in [0.1, 0.15) is 66.2 Å². The third-order valence-corrected chi connectivity index (χ3v) is 5.83. The Labute approximate surface area is 203 Å². The number of carbonyl (C=O) groups excluding carboxylic acids is 2. The molecular weight excluding hydrogens is 432 g/mol. The van der Waals surface area contributed by atoms with Crippen molar-refractivity contribution in [3.05, 3.63) is 30.3 Å². The number of nitrogens with one attached hydrogen (secondary N) is 2. The summed E-state index contributed by atoms with van der Waals surface area (Å²) in [6.45, 7) is 9.60. The number of hydrogen-bond donors (Lipinski definition) is 2. The van der Waals surface area contributed by atoms with Gasteiger partial charge in [-0.1, -0.05) is 77.6 Å². The first-order valence-corrected chi connectivity index (χ1v) is 12.4. The van der Waals surface area contributed by atoms with Crippen LogP contribution in [0.15, 0.2) is 30.3 Å². The number of benzene rings is 2. The Balaban J connectivity index is 2.14. The Morgan fingerprint density at radius 3 is 1.88 bits per heavy atom. The molecule has 0 aliphatic carbocycles. The summed E-state index contributed by atoms with van der Waals surface area (Å²) in [5.41, 5.74) is 0. The molecule has 2 N–H and O–H groups in total. The van der Waals surface area contributed by atoms with E-state index in [4.69, 9.17) is 14.2 Å². The van der Waals surface area contributed by atoms with Crippen LogP contribution in [-0.4, -0.2) is 32.4 Å². The second-order valence-electron chi connectivity index (χ2n) is 8.99. The maximum Gasteiger partial charge on any atom is 0.412 e.